The van der Waals surface area contributed by atoms with Gasteiger partial charge < -0.3 is 4.98 Å². The fourth-order valence-electron chi connectivity index (χ4n) is 1.03. The maximum Gasteiger partial charge on any atom is 0.201 e. The first kappa shape index (κ1) is 9.59. The molecule has 1 heterocycles. The minimum atomic E-state index is 0.314. The Kier molecular flexibility index (Phi) is 2.45. The molecule has 0 aliphatic carbocycles. The summed E-state index contributed by atoms with van der Waals surface area (Å²) in [6.07, 6.45) is 0. The van der Waals surface area contributed by atoms with Gasteiger partial charge in [-0.1, -0.05) is 23.2 Å². The van der Waals surface area contributed by atoms with Crippen LogP contribution in [0.25, 0.3) is 11.0 Å². The molecule has 0 fully saturated rings. The molecule has 0 spiro atoms. The van der Waals surface area contributed by atoms with E-state index in [-0.39, 0.29) is 0 Å². The van der Waals surface area contributed by atoms with Gasteiger partial charge in [-0.15, -0.1) is 0 Å². The van der Waals surface area contributed by atoms with E-state index in [1.165, 1.54) is 0 Å². The Morgan fingerprint density at radius 3 is 2.69 bits per heavy atom. The number of aromatic nitrogens is 2. The zero-order valence-corrected chi connectivity index (χ0v) is 9.89. The minimum Gasteiger partial charge on any atom is -0.328 e. The van der Waals surface area contributed by atoms with Crippen LogP contribution in [0.15, 0.2) is 10.5 Å². The minimum absolute atomic E-state index is 0.314. The van der Waals surface area contributed by atoms with Gasteiger partial charge in [0.25, 0.3) is 0 Å². The topological polar surface area (TPSA) is 28.7 Å². The number of hydrogen-bond donors (Lipinski definition) is 1. The molecule has 0 unspecified atom stereocenters. The quantitative estimate of drug-likeness (QED) is 0.723. The molecule has 0 amide bonds. The van der Waals surface area contributed by atoms with Crippen molar-refractivity contribution in [2.45, 2.75) is 0 Å². The molecule has 1 aromatic heterocycles. The molecule has 13 heavy (non-hydrogen) atoms. The lowest BCUT2D eigenvalue weighted by Gasteiger charge is -1.98. The molecule has 0 bridgehead atoms. The number of nitrogens with one attached hydrogen (secondary N) is 1. The standard InChI is InChI=1S/C7H2BrCl3N2/c8-4-5(10)2(9)1-3-6(4)13-7(11)12-3/h1H,(H,12,13). The highest BCUT2D eigenvalue weighted by atomic mass is 79.9. The van der Waals surface area contributed by atoms with Crippen molar-refractivity contribution in [2.24, 2.45) is 0 Å². The zero-order valence-electron chi connectivity index (χ0n) is 6.04. The van der Waals surface area contributed by atoms with Gasteiger partial charge in [-0.3, -0.25) is 0 Å². The van der Waals surface area contributed by atoms with Crippen LogP contribution in [0.5, 0.6) is 0 Å². The van der Waals surface area contributed by atoms with E-state index in [1.807, 2.05) is 0 Å². The lowest BCUT2D eigenvalue weighted by molar-refractivity contribution is 1.34. The predicted octanol–water partition coefficient (Wildman–Crippen LogP) is 4.29. The Hall–Kier alpha value is 0.0400. The average Bonchev–Trinajstić information content (AvgIpc) is 2.42. The molecule has 68 valence electrons. The molecule has 6 heteroatoms. The normalized spacial score (nSPS) is 11.1. The van der Waals surface area contributed by atoms with Gasteiger partial charge in [-0.05, 0) is 33.6 Å². The highest BCUT2D eigenvalue weighted by Gasteiger charge is 2.11. The Morgan fingerprint density at radius 1 is 1.31 bits per heavy atom. The van der Waals surface area contributed by atoms with Gasteiger partial charge in [0.2, 0.25) is 5.28 Å². The van der Waals surface area contributed by atoms with Crippen LogP contribution in [0.3, 0.4) is 0 Å². The molecule has 0 atom stereocenters. The molecule has 0 radical (unpaired) electrons. The molecule has 1 aromatic carbocycles. The first-order valence-corrected chi connectivity index (χ1v) is 5.21. The van der Waals surface area contributed by atoms with Crippen molar-refractivity contribution in [3.8, 4) is 0 Å². The third-order valence-corrected chi connectivity index (χ3v) is 3.55. The summed E-state index contributed by atoms with van der Waals surface area (Å²) < 4.78 is 0.653. The van der Waals surface area contributed by atoms with Crippen LogP contribution >= 0.6 is 50.7 Å². The molecule has 1 N–H and O–H groups in total. The van der Waals surface area contributed by atoms with Crippen molar-refractivity contribution in [3.05, 3.63) is 25.9 Å². The average molecular weight is 300 g/mol. The van der Waals surface area contributed by atoms with Crippen LogP contribution in [0.2, 0.25) is 15.3 Å². The van der Waals surface area contributed by atoms with E-state index in [0.29, 0.717) is 25.3 Å². The second kappa shape index (κ2) is 3.31. The number of imidazole rings is 1. The van der Waals surface area contributed by atoms with E-state index in [2.05, 4.69) is 25.9 Å². The number of fused-ring (bicyclic) bond motifs is 1. The molecule has 0 aliphatic heterocycles. The van der Waals surface area contributed by atoms with Gasteiger partial charge in [0.1, 0.15) is 5.52 Å². The van der Waals surface area contributed by atoms with E-state index in [9.17, 15) is 0 Å². The van der Waals surface area contributed by atoms with Crippen LogP contribution in [-0.4, -0.2) is 9.97 Å². The number of rotatable bonds is 0. The van der Waals surface area contributed by atoms with E-state index < -0.39 is 0 Å². The van der Waals surface area contributed by atoms with Gasteiger partial charge in [0.15, 0.2) is 0 Å². The van der Waals surface area contributed by atoms with E-state index in [0.717, 1.165) is 5.52 Å². The summed E-state index contributed by atoms with van der Waals surface area (Å²) in [5, 5.41) is 1.22. The van der Waals surface area contributed by atoms with Gasteiger partial charge in [-0.25, -0.2) is 4.98 Å². The lowest BCUT2D eigenvalue weighted by atomic mass is 10.3. The maximum absolute atomic E-state index is 5.89. The Bertz CT molecular complexity index is 480. The van der Waals surface area contributed by atoms with Crippen molar-refractivity contribution in [1.82, 2.24) is 9.97 Å². The summed E-state index contributed by atoms with van der Waals surface area (Å²) in [6.45, 7) is 0. The molecule has 2 aromatic rings. The predicted molar refractivity (Wildman–Crippen MR) is 58.8 cm³/mol. The largest absolute Gasteiger partial charge is 0.328 e. The second-order valence-electron chi connectivity index (χ2n) is 2.41. The molecule has 0 saturated carbocycles. The smallest absolute Gasteiger partial charge is 0.201 e. The van der Waals surface area contributed by atoms with Gasteiger partial charge in [0, 0.05) is 0 Å². The van der Waals surface area contributed by atoms with Crippen molar-refractivity contribution in [2.75, 3.05) is 0 Å². The van der Waals surface area contributed by atoms with Crippen molar-refractivity contribution >= 4 is 61.8 Å². The van der Waals surface area contributed by atoms with E-state index in [4.69, 9.17) is 34.8 Å². The van der Waals surface area contributed by atoms with Crippen molar-refractivity contribution in [1.29, 1.82) is 0 Å². The fourth-order valence-corrected chi connectivity index (χ4v) is 2.19. The van der Waals surface area contributed by atoms with Gasteiger partial charge >= 0.3 is 0 Å². The summed E-state index contributed by atoms with van der Waals surface area (Å²) >= 11 is 20.7. The molecule has 0 aliphatic rings. The Morgan fingerprint density at radius 2 is 2.00 bits per heavy atom. The number of nitrogens with zero attached hydrogens (tertiary/aromatic N) is 1. The lowest BCUT2D eigenvalue weighted by Crippen LogP contribution is -1.76. The van der Waals surface area contributed by atoms with Crippen LogP contribution in [0, 0.1) is 0 Å². The molecule has 2 nitrogen and oxygen atoms in total. The molecule has 0 saturated heterocycles. The number of hydrogen-bond acceptors (Lipinski definition) is 1. The van der Waals surface area contributed by atoms with Crippen molar-refractivity contribution < 1.29 is 0 Å². The van der Waals surface area contributed by atoms with Gasteiger partial charge in [0.05, 0.1) is 20.0 Å². The fraction of sp³-hybridized carbons (Fsp3) is 0. The molecule has 2 rings (SSSR count). The Labute approximate surface area is 97.3 Å². The van der Waals surface area contributed by atoms with Crippen LogP contribution in [0.4, 0.5) is 0 Å². The first-order valence-electron chi connectivity index (χ1n) is 3.28. The summed E-state index contributed by atoms with van der Waals surface area (Å²) in [7, 11) is 0. The van der Waals surface area contributed by atoms with Crippen molar-refractivity contribution in [3.63, 3.8) is 0 Å². The van der Waals surface area contributed by atoms with Crippen LogP contribution in [-0.2, 0) is 0 Å². The Balaban J connectivity index is 2.92. The molecular formula is C7H2BrCl3N2. The third kappa shape index (κ3) is 1.54. The summed E-state index contributed by atoms with van der Waals surface area (Å²) in [5.41, 5.74) is 1.44. The second-order valence-corrected chi connectivity index (χ2v) is 4.35. The van der Waals surface area contributed by atoms with Gasteiger partial charge in [-0.2, -0.15) is 0 Å². The van der Waals surface area contributed by atoms with Crippen LogP contribution in [0.1, 0.15) is 0 Å². The summed E-state index contributed by atoms with van der Waals surface area (Å²) in [6, 6.07) is 1.68. The summed E-state index contributed by atoms with van der Waals surface area (Å²) in [5.74, 6) is 0. The van der Waals surface area contributed by atoms with E-state index >= 15 is 0 Å². The first-order chi connectivity index (χ1) is 6.09. The number of H-pyrrole nitrogens is 1. The summed E-state index contributed by atoms with van der Waals surface area (Å²) in [4.78, 5) is 6.88. The van der Waals surface area contributed by atoms with Crippen LogP contribution < -0.4 is 0 Å². The number of halogens is 4. The molecular weight excluding hydrogens is 298 g/mol. The highest BCUT2D eigenvalue weighted by Crippen LogP contribution is 2.36. The number of aromatic amines is 1. The SMILES string of the molecule is Clc1nc2c(Br)c(Cl)c(Cl)cc2[nH]1. The highest BCUT2D eigenvalue weighted by molar-refractivity contribution is 9.10. The zero-order chi connectivity index (χ0) is 9.59. The van der Waals surface area contributed by atoms with E-state index in [1.54, 1.807) is 6.07 Å². The number of benzene rings is 1. The maximum atomic E-state index is 5.89. The monoisotopic (exact) mass is 298 g/mol. The third-order valence-electron chi connectivity index (χ3n) is 1.58.